The minimum atomic E-state index is -1.21. The van der Waals surface area contributed by atoms with Crippen molar-refractivity contribution in [1.29, 1.82) is 0 Å². The predicted molar refractivity (Wildman–Crippen MR) is 103 cm³/mol. The highest BCUT2D eigenvalue weighted by Crippen LogP contribution is 2.29. The molecule has 1 atom stereocenters. The second kappa shape index (κ2) is 9.07. The van der Waals surface area contributed by atoms with Crippen LogP contribution in [0.2, 0.25) is 0 Å². The zero-order valence-electron chi connectivity index (χ0n) is 16.1. The summed E-state index contributed by atoms with van der Waals surface area (Å²) in [6.45, 7) is 5.45. The summed E-state index contributed by atoms with van der Waals surface area (Å²) in [7, 11) is 0. The fourth-order valence-electron chi connectivity index (χ4n) is 3.00. The monoisotopic (exact) mass is 391 g/mol. The van der Waals surface area contributed by atoms with Crippen molar-refractivity contribution in [3.63, 3.8) is 0 Å². The number of aliphatic hydroxyl groups is 1. The van der Waals surface area contributed by atoms with Gasteiger partial charge in [-0.1, -0.05) is 0 Å². The molecule has 2 aromatic rings. The van der Waals surface area contributed by atoms with Crippen molar-refractivity contribution in [2.75, 3.05) is 26.4 Å². The molecule has 1 aromatic carbocycles. The Morgan fingerprint density at radius 2 is 2.21 bits per heavy atom. The summed E-state index contributed by atoms with van der Waals surface area (Å²) in [5, 5.41) is 16.9. The van der Waals surface area contributed by atoms with Gasteiger partial charge < -0.3 is 29.6 Å². The zero-order valence-corrected chi connectivity index (χ0v) is 16.1. The molecule has 0 radical (unpaired) electrons. The van der Waals surface area contributed by atoms with Crippen LogP contribution in [-0.2, 0) is 23.4 Å². The van der Waals surface area contributed by atoms with E-state index in [-0.39, 0.29) is 19.2 Å². The highest BCUT2D eigenvalue weighted by atomic mass is 19.1. The predicted octanol–water partition coefficient (Wildman–Crippen LogP) is 2.29. The van der Waals surface area contributed by atoms with Crippen LogP contribution in [0.25, 0.3) is 0 Å². The topological polar surface area (TPSA) is 88.3 Å². The van der Waals surface area contributed by atoms with Gasteiger partial charge in [0.15, 0.2) is 12.8 Å². The molecule has 0 spiro atoms. The standard InChI is InChI=1S/C20H26FN3O4/c1-3-22-19(24-12-20(2,25)17-5-4-8-27-17)23-7-6-14-9-16(21)10-15-11-26-13-28-18(14)15/h4-5,8-10,25H,3,6-7,11-13H2,1-2H3,(H2,22,23,24). The fourth-order valence-corrected chi connectivity index (χ4v) is 3.00. The van der Waals surface area contributed by atoms with Crippen LogP contribution in [0.15, 0.2) is 39.9 Å². The van der Waals surface area contributed by atoms with Crippen molar-refractivity contribution < 1.29 is 23.4 Å². The zero-order chi connectivity index (χ0) is 20.0. The molecule has 1 aromatic heterocycles. The van der Waals surface area contributed by atoms with Crippen LogP contribution in [-0.4, -0.2) is 37.5 Å². The second-order valence-corrected chi connectivity index (χ2v) is 6.79. The van der Waals surface area contributed by atoms with Gasteiger partial charge in [-0.2, -0.15) is 0 Å². The van der Waals surface area contributed by atoms with Crippen LogP contribution < -0.4 is 15.4 Å². The number of guanidine groups is 1. The van der Waals surface area contributed by atoms with Crippen LogP contribution in [0.5, 0.6) is 5.75 Å². The molecule has 8 heteroatoms. The van der Waals surface area contributed by atoms with Crippen LogP contribution >= 0.6 is 0 Å². The number of furan rings is 1. The third-order valence-electron chi connectivity index (χ3n) is 4.38. The molecule has 0 saturated carbocycles. The third kappa shape index (κ3) is 5.02. The van der Waals surface area contributed by atoms with Gasteiger partial charge in [0.2, 0.25) is 0 Å². The molecule has 0 bridgehead atoms. The van der Waals surface area contributed by atoms with Crippen molar-refractivity contribution >= 4 is 5.96 Å². The Morgan fingerprint density at radius 1 is 1.36 bits per heavy atom. The lowest BCUT2D eigenvalue weighted by Crippen LogP contribution is -2.39. The summed E-state index contributed by atoms with van der Waals surface area (Å²) in [6.07, 6.45) is 2.07. The summed E-state index contributed by atoms with van der Waals surface area (Å²) in [5.74, 6) is 1.40. The fraction of sp³-hybridized carbons (Fsp3) is 0.450. The number of hydrogen-bond acceptors (Lipinski definition) is 5. The van der Waals surface area contributed by atoms with Gasteiger partial charge in [-0.3, -0.25) is 0 Å². The van der Waals surface area contributed by atoms with E-state index in [4.69, 9.17) is 13.9 Å². The van der Waals surface area contributed by atoms with Crippen molar-refractivity contribution in [1.82, 2.24) is 10.6 Å². The SMILES string of the molecule is CCNC(=NCC(C)(O)c1ccco1)NCCc1cc(F)cc2c1OCOC2. The minimum absolute atomic E-state index is 0.131. The first-order valence-corrected chi connectivity index (χ1v) is 9.30. The number of hydrogen-bond donors (Lipinski definition) is 3. The molecule has 0 amide bonds. The maximum Gasteiger partial charge on any atom is 0.191 e. The summed E-state index contributed by atoms with van der Waals surface area (Å²) >= 11 is 0. The van der Waals surface area contributed by atoms with Crippen LogP contribution in [0, 0.1) is 5.82 Å². The number of rotatable bonds is 7. The molecule has 152 valence electrons. The van der Waals surface area contributed by atoms with Gasteiger partial charge in [-0.15, -0.1) is 0 Å². The Morgan fingerprint density at radius 3 is 2.96 bits per heavy atom. The summed E-state index contributed by atoms with van der Waals surface area (Å²) in [5.41, 5.74) is 0.293. The van der Waals surface area contributed by atoms with Gasteiger partial charge >= 0.3 is 0 Å². The Labute approximate surface area is 163 Å². The highest BCUT2D eigenvalue weighted by molar-refractivity contribution is 5.79. The van der Waals surface area contributed by atoms with Crippen LogP contribution in [0.3, 0.4) is 0 Å². The smallest absolute Gasteiger partial charge is 0.191 e. The largest absolute Gasteiger partial charge is 0.467 e. The van der Waals surface area contributed by atoms with Gasteiger partial charge in [0.1, 0.15) is 22.9 Å². The lowest BCUT2D eigenvalue weighted by molar-refractivity contribution is -0.0172. The Bertz CT molecular complexity index is 806. The number of nitrogens with zero attached hydrogens (tertiary/aromatic N) is 1. The molecule has 3 rings (SSSR count). The summed E-state index contributed by atoms with van der Waals surface area (Å²) in [4.78, 5) is 4.44. The number of ether oxygens (including phenoxy) is 2. The van der Waals surface area contributed by atoms with Gasteiger partial charge in [-0.05, 0) is 50.1 Å². The molecule has 0 aliphatic carbocycles. The molecule has 1 aliphatic rings. The maximum absolute atomic E-state index is 13.8. The number of benzene rings is 1. The molecular formula is C20H26FN3O4. The number of fused-ring (bicyclic) bond motifs is 1. The van der Waals surface area contributed by atoms with Gasteiger partial charge in [0.25, 0.3) is 0 Å². The molecule has 7 nitrogen and oxygen atoms in total. The minimum Gasteiger partial charge on any atom is -0.467 e. The average Bonchev–Trinajstić information content (AvgIpc) is 3.22. The van der Waals surface area contributed by atoms with Gasteiger partial charge in [0, 0.05) is 18.7 Å². The number of aliphatic imine (C=N–C) groups is 1. The third-order valence-corrected chi connectivity index (χ3v) is 4.38. The molecular weight excluding hydrogens is 365 g/mol. The first-order valence-electron chi connectivity index (χ1n) is 9.30. The van der Waals surface area contributed by atoms with E-state index in [2.05, 4.69) is 15.6 Å². The number of halogens is 1. The lowest BCUT2D eigenvalue weighted by Gasteiger charge is -2.21. The Hall–Kier alpha value is -2.58. The van der Waals surface area contributed by atoms with Crippen molar-refractivity contribution in [2.45, 2.75) is 32.5 Å². The van der Waals surface area contributed by atoms with E-state index >= 15 is 0 Å². The highest BCUT2D eigenvalue weighted by Gasteiger charge is 2.26. The summed E-state index contributed by atoms with van der Waals surface area (Å²) < 4.78 is 29.9. The first-order chi connectivity index (χ1) is 13.5. The first kappa shape index (κ1) is 20.2. The molecule has 3 N–H and O–H groups in total. The molecule has 1 aliphatic heterocycles. The normalized spacial score (nSPS) is 16.1. The van der Waals surface area contributed by atoms with Crippen LogP contribution in [0.4, 0.5) is 4.39 Å². The van der Waals surface area contributed by atoms with E-state index < -0.39 is 5.60 Å². The quantitative estimate of drug-likeness (QED) is 0.496. The van der Waals surface area contributed by atoms with E-state index in [9.17, 15) is 9.50 Å². The second-order valence-electron chi connectivity index (χ2n) is 6.79. The van der Waals surface area contributed by atoms with Crippen molar-refractivity contribution in [3.05, 3.63) is 53.2 Å². The molecule has 28 heavy (non-hydrogen) atoms. The Kier molecular flexibility index (Phi) is 6.53. The summed E-state index contributed by atoms with van der Waals surface area (Å²) in [6, 6.07) is 6.36. The van der Waals surface area contributed by atoms with Crippen LogP contribution in [0.1, 0.15) is 30.7 Å². The number of nitrogens with one attached hydrogen (secondary N) is 2. The van der Waals surface area contributed by atoms with Crippen molar-refractivity contribution in [3.8, 4) is 5.75 Å². The van der Waals surface area contributed by atoms with Gasteiger partial charge in [0.05, 0.1) is 19.4 Å². The maximum atomic E-state index is 13.8. The molecule has 0 saturated heterocycles. The van der Waals surface area contributed by atoms with E-state index in [1.165, 1.54) is 18.4 Å². The van der Waals surface area contributed by atoms with E-state index in [1.54, 1.807) is 19.1 Å². The molecule has 1 unspecified atom stereocenters. The van der Waals surface area contributed by atoms with E-state index in [0.29, 0.717) is 43.6 Å². The Balaban J connectivity index is 1.62. The molecule has 2 heterocycles. The van der Waals surface area contributed by atoms with E-state index in [0.717, 1.165) is 11.1 Å². The van der Waals surface area contributed by atoms with Crippen molar-refractivity contribution in [2.24, 2.45) is 4.99 Å². The van der Waals surface area contributed by atoms with E-state index in [1.807, 2.05) is 6.92 Å². The average molecular weight is 391 g/mol. The molecule has 0 fully saturated rings. The lowest BCUT2D eigenvalue weighted by atomic mass is 10.0. The van der Waals surface area contributed by atoms with Gasteiger partial charge in [-0.25, -0.2) is 9.38 Å².